The Balaban J connectivity index is 2.18. The minimum atomic E-state index is -0.366. The molecule has 0 saturated heterocycles. The highest BCUT2D eigenvalue weighted by atomic mass is 35.5. The third kappa shape index (κ3) is 2.43. The Hall–Kier alpha value is -0.900. The number of benzene rings is 1. The lowest BCUT2D eigenvalue weighted by atomic mass is 10.0. The first-order valence-electron chi connectivity index (χ1n) is 4.89. The summed E-state index contributed by atoms with van der Waals surface area (Å²) in [5, 5.41) is 4.09. The molecule has 2 rings (SSSR count). The van der Waals surface area contributed by atoms with E-state index in [9.17, 15) is 4.39 Å². The fraction of sp³-hybridized carbons (Fsp3) is 0.167. The SMILES string of the molecule is NC(Cc1cccc(Cl)c1F)c1ccsc1. The van der Waals surface area contributed by atoms with Gasteiger partial charge in [0, 0.05) is 6.04 Å². The highest BCUT2D eigenvalue weighted by Crippen LogP contribution is 2.23. The molecular formula is C12H11ClFNS. The topological polar surface area (TPSA) is 26.0 Å². The molecule has 1 aromatic heterocycles. The summed E-state index contributed by atoms with van der Waals surface area (Å²) in [6.45, 7) is 0. The average Bonchev–Trinajstić information content (AvgIpc) is 2.78. The van der Waals surface area contributed by atoms with Crippen LogP contribution in [0.5, 0.6) is 0 Å². The third-order valence-electron chi connectivity index (χ3n) is 2.44. The van der Waals surface area contributed by atoms with Crippen molar-refractivity contribution < 1.29 is 4.39 Å². The summed E-state index contributed by atoms with van der Waals surface area (Å²) in [7, 11) is 0. The summed E-state index contributed by atoms with van der Waals surface area (Å²) in [5.74, 6) is -0.366. The molecule has 16 heavy (non-hydrogen) atoms. The van der Waals surface area contributed by atoms with E-state index in [0.29, 0.717) is 12.0 Å². The minimum Gasteiger partial charge on any atom is -0.324 e. The average molecular weight is 256 g/mol. The van der Waals surface area contributed by atoms with E-state index in [1.165, 1.54) is 6.07 Å². The Morgan fingerprint density at radius 3 is 2.88 bits per heavy atom. The van der Waals surface area contributed by atoms with Gasteiger partial charge in [0.05, 0.1) is 5.02 Å². The summed E-state index contributed by atoms with van der Waals surface area (Å²) < 4.78 is 13.6. The van der Waals surface area contributed by atoms with E-state index in [4.69, 9.17) is 17.3 Å². The van der Waals surface area contributed by atoms with Crippen molar-refractivity contribution in [1.29, 1.82) is 0 Å². The predicted molar refractivity (Wildman–Crippen MR) is 66.4 cm³/mol. The van der Waals surface area contributed by atoms with E-state index in [1.54, 1.807) is 23.5 Å². The predicted octanol–water partition coefficient (Wildman–Crippen LogP) is 3.78. The van der Waals surface area contributed by atoms with Gasteiger partial charge in [-0.3, -0.25) is 0 Å². The van der Waals surface area contributed by atoms with Gasteiger partial charge >= 0.3 is 0 Å². The lowest BCUT2D eigenvalue weighted by molar-refractivity contribution is 0.594. The molecule has 1 atom stereocenters. The highest BCUT2D eigenvalue weighted by Gasteiger charge is 2.12. The lowest BCUT2D eigenvalue weighted by Crippen LogP contribution is -2.13. The molecule has 0 amide bonds. The Kier molecular flexibility index (Phi) is 3.59. The zero-order valence-electron chi connectivity index (χ0n) is 8.49. The number of halogens is 2. The molecular weight excluding hydrogens is 245 g/mol. The van der Waals surface area contributed by atoms with Gasteiger partial charge in [-0.1, -0.05) is 23.7 Å². The van der Waals surface area contributed by atoms with Gasteiger partial charge in [0.25, 0.3) is 0 Å². The largest absolute Gasteiger partial charge is 0.324 e. The maximum Gasteiger partial charge on any atom is 0.145 e. The molecule has 0 spiro atoms. The van der Waals surface area contributed by atoms with Gasteiger partial charge in [-0.2, -0.15) is 11.3 Å². The van der Waals surface area contributed by atoms with Gasteiger partial charge in [0.2, 0.25) is 0 Å². The standard InChI is InChI=1S/C12H11ClFNS/c13-10-3-1-2-8(12(10)14)6-11(15)9-4-5-16-7-9/h1-5,7,11H,6,15H2. The van der Waals surface area contributed by atoms with Crippen LogP contribution in [0, 0.1) is 5.82 Å². The van der Waals surface area contributed by atoms with Crippen LogP contribution in [0.2, 0.25) is 5.02 Å². The van der Waals surface area contributed by atoms with Crippen molar-refractivity contribution in [3.05, 3.63) is 57.0 Å². The Bertz CT molecular complexity index is 470. The van der Waals surface area contributed by atoms with Crippen molar-refractivity contribution in [1.82, 2.24) is 0 Å². The number of rotatable bonds is 3. The molecule has 1 aromatic carbocycles. The molecule has 0 radical (unpaired) electrons. The van der Waals surface area contributed by atoms with Crippen molar-refractivity contribution in [2.24, 2.45) is 5.73 Å². The van der Waals surface area contributed by atoms with E-state index in [-0.39, 0.29) is 16.9 Å². The van der Waals surface area contributed by atoms with E-state index in [0.717, 1.165) is 5.56 Å². The van der Waals surface area contributed by atoms with Gasteiger partial charge in [0.15, 0.2) is 0 Å². The zero-order valence-corrected chi connectivity index (χ0v) is 10.1. The van der Waals surface area contributed by atoms with Gasteiger partial charge in [0.1, 0.15) is 5.82 Å². The van der Waals surface area contributed by atoms with E-state index >= 15 is 0 Å². The van der Waals surface area contributed by atoms with Crippen molar-refractivity contribution in [2.75, 3.05) is 0 Å². The fourth-order valence-electron chi connectivity index (χ4n) is 1.55. The fourth-order valence-corrected chi connectivity index (χ4v) is 2.47. The molecule has 0 aliphatic carbocycles. The van der Waals surface area contributed by atoms with Gasteiger partial charge < -0.3 is 5.73 Å². The van der Waals surface area contributed by atoms with Crippen molar-refractivity contribution in [3.8, 4) is 0 Å². The van der Waals surface area contributed by atoms with Crippen molar-refractivity contribution in [2.45, 2.75) is 12.5 Å². The zero-order chi connectivity index (χ0) is 11.5. The van der Waals surface area contributed by atoms with Gasteiger partial charge in [-0.15, -0.1) is 0 Å². The summed E-state index contributed by atoms with van der Waals surface area (Å²) in [6, 6.07) is 6.77. The van der Waals surface area contributed by atoms with Crippen LogP contribution in [-0.4, -0.2) is 0 Å². The molecule has 4 heteroatoms. The first-order valence-corrected chi connectivity index (χ1v) is 6.21. The highest BCUT2D eigenvalue weighted by molar-refractivity contribution is 7.07. The molecule has 1 unspecified atom stereocenters. The summed E-state index contributed by atoms with van der Waals surface area (Å²) in [4.78, 5) is 0. The maximum absolute atomic E-state index is 13.6. The summed E-state index contributed by atoms with van der Waals surface area (Å²) in [5.41, 5.74) is 7.58. The molecule has 0 saturated carbocycles. The normalized spacial score (nSPS) is 12.7. The van der Waals surface area contributed by atoms with Crippen LogP contribution in [0.3, 0.4) is 0 Å². The smallest absolute Gasteiger partial charge is 0.145 e. The first-order chi connectivity index (χ1) is 7.68. The quantitative estimate of drug-likeness (QED) is 0.887. The van der Waals surface area contributed by atoms with Crippen LogP contribution >= 0.6 is 22.9 Å². The maximum atomic E-state index is 13.6. The molecule has 84 valence electrons. The van der Waals surface area contributed by atoms with Gasteiger partial charge in [-0.25, -0.2) is 4.39 Å². The number of hydrogen-bond donors (Lipinski definition) is 1. The van der Waals surface area contributed by atoms with E-state index in [1.807, 2.05) is 16.8 Å². The van der Waals surface area contributed by atoms with Crippen LogP contribution in [-0.2, 0) is 6.42 Å². The Labute approximate surface area is 103 Å². The second-order valence-corrected chi connectivity index (χ2v) is 4.77. The molecule has 1 nitrogen and oxygen atoms in total. The second-order valence-electron chi connectivity index (χ2n) is 3.58. The molecule has 0 aliphatic rings. The van der Waals surface area contributed by atoms with Crippen molar-refractivity contribution >= 4 is 22.9 Å². The van der Waals surface area contributed by atoms with Gasteiger partial charge in [-0.05, 0) is 40.4 Å². The molecule has 2 aromatic rings. The molecule has 0 aliphatic heterocycles. The lowest BCUT2D eigenvalue weighted by Gasteiger charge is -2.11. The number of nitrogens with two attached hydrogens (primary N) is 1. The minimum absolute atomic E-state index is 0.148. The van der Waals surface area contributed by atoms with Crippen molar-refractivity contribution in [3.63, 3.8) is 0 Å². The van der Waals surface area contributed by atoms with Crippen LogP contribution in [0.1, 0.15) is 17.2 Å². The van der Waals surface area contributed by atoms with Crippen LogP contribution < -0.4 is 5.73 Å². The Morgan fingerprint density at radius 1 is 1.38 bits per heavy atom. The molecule has 0 bridgehead atoms. The molecule has 0 fully saturated rings. The molecule has 1 heterocycles. The van der Waals surface area contributed by atoms with E-state index < -0.39 is 0 Å². The number of thiophene rings is 1. The first kappa shape index (κ1) is 11.6. The summed E-state index contributed by atoms with van der Waals surface area (Å²) in [6.07, 6.45) is 0.461. The number of hydrogen-bond acceptors (Lipinski definition) is 2. The Morgan fingerprint density at radius 2 is 2.19 bits per heavy atom. The molecule has 2 N–H and O–H groups in total. The van der Waals surface area contributed by atoms with Crippen LogP contribution in [0.25, 0.3) is 0 Å². The van der Waals surface area contributed by atoms with Crippen LogP contribution in [0.15, 0.2) is 35.0 Å². The summed E-state index contributed by atoms with van der Waals surface area (Å²) >= 11 is 7.29. The van der Waals surface area contributed by atoms with E-state index in [2.05, 4.69) is 0 Å². The monoisotopic (exact) mass is 255 g/mol. The third-order valence-corrected chi connectivity index (χ3v) is 3.44. The van der Waals surface area contributed by atoms with Crippen LogP contribution in [0.4, 0.5) is 4.39 Å². The second kappa shape index (κ2) is 4.95.